The van der Waals surface area contributed by atoms with Gasteiger partial charge in [-0.05, 0) is 48.2 Å². The molecule has 4 heterocycles. The summed E-state index contributed by atoms with van der Waals surface area (Å²) in [5.74, 6) is 5.67. The molecule has 2 fully saturated rings. The fraction of sp³-hybridized carbons (Fsp3) is 0.625. The number of nitrogens with one attached hydrogen (secondary N) is 1. The highest BCUT2D eigenvalue weighted by Crippen LogP contribution is 2.38. The number of rotatable bonds is 3. The van der Waals surface area contributed by atoms with Gasteiger partial charge in [-0.2, -0.15) is 11.8 Å². The first kappa shape index (κ1) is 13.4. The van der Waals surface area contributed by atoms with Crippen molar-refractivity contribution in [2.45, 2.75) is 26.2 Å². The van der Waals surface area contributed by atoms with Crippen molar-refractivity contribution in [3.05, 3.63) is 18.1 Å². The predicted molar refractivity (Wildman–Crippen MR) is 89.0 cm³/mol. The third-order valence-electron chi connectivity index (χ3n) is 5.05. The summed E-state index contributed by atoms with van der Waals surface area (Å²) in [6, 6.07) is 0. The van der Waals surface area contributed by atoms with Crippen LogP contribution in [0, 0.1) is 11.8 Å². The number of thioether (sulfide) groups is 1. The Bertz CT molecular complexity index is 626. The Kier molecular flexibility index (Phi) is 3.53. The number of aromatic amines is 1. The van der Waals surface area contributed by atoms with Gasteiger partial charge in [-0.1, -0.05) is 6.92 Å². The van der Waals surface area contributed by atoms with Crippen LogP contribution in [0.25, 0.3) is 11.0 Å². The molecule has 21 heavy (non-hydrogen) atoms. The molecule has 0 saturated carbocycles. The Balaban J connectivity index is 1.54. The second kappa shape index (κ2) is 5.52. The van der Waals surface area contributed by atoms with Crippen LogP contribution in [0.4, 0.5) is 5.82 Å². The third kappa shape index (κ3) is 2.31. The molecule has 112 valence electrons. The molecule has 4 nitrogen and oxygen atoms in total. The normalized spacial score (nSPS) is 20.9. The highest BCUT2D eigenvalue weighted by Gasteiger charge is 2.35. The first-order chi connectivity index (χ1) is 10.4. The molecule has 2 aliphatic rings. The summed E-state index contributed by atoms with van der Waals surface area (Å²) in [6.45, 7) is 4.55. The van der Waals surface area contributed by atoms with Crippen molar-refractivity contribution < 1.29 is 0 Å². The van der Waals surface area contributed by atoms with Crippen LogP contribution in [-0.2, 0) is 6.42 Å². The average molecular weight is 302 g/mol. The van der Waals surface area contributed by atoms with E-state index in [4.69, 9.17) is 0 Å². The summed E-state index contributed by atoms with van der Waals surface area (Å²) in [7, 11) is 0. The molecular weight excluding hydrogens is 280 g/mol. The van der Waals surface area contributed by atoms with Gasteiger partial charge >= 0.3 is 0 Å². The first-order valence-electron chi connectivity index (χ1n) is 8.00. The zero-order chi connectivity index (χ0) is 14.2. The van der Waals surface area contributed by atoms with Gasteiger partial charge in [0, 0.05) is 19.3 Å². The molecule has 2 saturated heterocycles. The van der Waals surface area contributed by atoms with E-state index in [1.165, 1.54) is 48.4 Å². The molecule has 0 aromatic carbocycles. The molecule has 0 bridgehead atoms. The summed E-state index contributed by atoms with van der Waals surface area (Å²) >= 11 is 2.12. The smallest absolute Gasteiger partial charge is 0.143 e. The van der Waals surface area contributed by atoms with Crippen LogP contribution in [0.15, 0.2) is 12.5 Å². The quantitative estimate of drug-likeness (QED) is 0.946. The number of anilines is 1. The second-order valence-corrected chi connectivity index (χ2v) is 7.43. The second-order valence-electron chi connectivity index (χ2n) is 6.20. The molecule has 2 aromatic heterocycles. The lowest BCUT2D eigenvalue weighted by Crippen LogP contribution is -2.51. The van der Waals surface area contributed by atoms with E-state index in [2.05, 4.69) is 44.7 Å². The standard InChI is InChI=1S/C16H22N4S/c1-2-11-7-17-15-14(11)16(19-10-18-15)20-8-13(9-20)12-3-5-21-6-4-12/h7,10,12-13H,2-6,8-9H2,1H3,(H,17,18,19). The van der Waals surface area contributed by atoms with E-state index in [0.29, 0.717) is 0 Å². The Labute approximate surface area is 129 Å². The van der Waals surface area contributed by atoms with Crippen LogP contribution >= 0.6 is 11.8 Å². The zero-order valence-electron chi connectivity index (χ0n) is 12.5. The van der Waals surface area contributed by atoms with Crippen LogP contribution in [0.1, 0.15) is 25.3 Å². The van der Waals surface area contributed by atoms with E-state index in [9.17, 15) is 0 Å². The van der Waals surface area contributed by atoms with E-state index in [0.717, 1.165) is 29.7 Å². The summed E-state index contributed by atoms with van der Waals surface area (Å²) in [5.41, 5.74) is 2.31. The molecular formula is C16H22N4S. The molecule has 0 aliphatic carbocycles. The van der Waals surface area contributed by atoms with Gasteiger partial charge in [0.2, 0.25) is 0 Å². The molecule has 0 atom stereocenters. The molecule has 2 aliphatic heterocycles. The van der Waals surface area contributed by atoms with Gasteiger partial charge in [-0.25, -0.2) is 9.97 Å². The minimum atomic E-state index is 0.875. The molecule has 5 heteroatoms. The van der Waals surface area contributed by atoms with E-state index < -0.39 is 0 Å². The number of H-pyrrole nitrogens is 1. The Morgan fingerprint density at radius 2 is 2.05 bits per heavy atom. The molecule has 0 unspecified atom stereocenters. The predicted octanol–water partition coefficient (Wildman–Crippen LogP) is 3.10. The van der Waals surface area contributed by atoms with Crippen molar-refractivity contribution in [3.8, 4) is 0 Å². The minimum absolute atomic E-state index is 0.875. The average Bonchev–Trinajstić information content (AvgIpc) is 2.91. The van der Waals surface area contributed by atoms with Gasteiger partial charge in [0.05, 0.1) is 5.39 Å². The number of hydrogen-bond donors (Lipinski definition) is 1. The highest BCUT2D eigenvalue weighted by molar-refractivity contribution is 7.99. The van der Waals surface area contributed by atoms with Crippen LogP contribution in [-0.4, -0.2) is 39.5 Å². The van der Waals surface area contributed by atoms with Gasteiger partial charge in [0.15, 0.2) is 0 Å². The summed E-state index contributed by atoms with van der Waals surface area (Å²) in [6.07, 6.45) is 7.62. The van der Waals surface area contributed by atoms with Crippen LogP contribution in [0.5, 0.6) is 0 Å². The topological polar surface area (TPSA) is 44.8 Å². The summed E-state index contributed by atoms with van der Waals surface area (Å²) in [4.78, 5) is 14.7. The van der Waals surface area contributed by atoms with Gasteiger partial charge < -0.3 is 9.88 Å². The Hall–Kier alpha value is -1.23. The van der Waals surface area contributed by atoms with E-state index >= 15 is 0 Å². The van der Waals surface area contributed by atoms with E-state index in [1.807, 2.05) is 0 Å². The highest BCUT2D eigenvalue weighted by atomic mass is 32.2. The maximum atomic E-state index is 4.58. The van der Waals surface area contributed by atoms with Crippen molar-refractivity contribution in [2.24, 2.45) is 11.8 Å². The maximum Gasteiger partial charge on any atom is 0.143 e. The van der Waals surface area contributed by atoms with Crippen LogP contribution in [0.2, 0.25) is 0 Å². The number of fused-ring (bicyclic) bond motifs is 1. The molecule has 0 radical (unpaired) electrons. The van der Waals surface area contributed by atoms with Gasteiger partial charge in [-0.3, -0.25) is 0 Å². The lowest BCUT2D eigenvalue weighted by atomic mass is 9.82. The fourth-order valence-corrected chi connectivity index (χ4v) is 4.84. The largest absolute Gasteiger partial charge is 0.355 e. The Morgan fingerprint density at radius 3 is 2.81 bits per heavy atom. The SMILES string of the molecule is CCc1c[nH]c2ncnc(N3CC(C4CCSCC4)C3)c12. The first-order valence-corrected chi connectivity index (χ1v) is 9.16. The van der Waals surface area contributed by atoms with Crippen molar-refractivity contribution in [1.82, 2.24) is 15.0 Å². The third-order valence-corrected chi connectivity index (χ3v) is 6.10. The molecule has 1 N–H and O–H groups in total. The monoisotopic (exact) mass is 302 g/mol. The molecule has 0 amide bonds. The number of aromatic nitrogens is 3. The number of aryl methyl sites for hydroxylation is 1. The van der Waals surface area contributed by atoms with Gasteiger partial charge in [0.1, 0.15) is 17.8 Å². The molecule has 0 spiro atoms. The van der Waals surface area contributed by atoms with Crippen molar-refractivity contribution in [2.75, 3.05) is 29.5 Å². The summed E-state index contributed by atoms with van der Waals surface area (Å²) < 4.78 is 0. The zero-order valence-corrected chi connectivity index (χ0v) is 13.3. The maximum absolute atomic E-state index is 4.58. The molecule has 2 aromatic rings. The fourth-order valence-electron chi connectivity index (χ4n) is 3.70. The van der Waals surface area contributed by atoms with Crippen LogP contribution < -0.4 is 4.90 Å². The summed E-state index contributed by atoms with van der Waals surface area (Å²) in [5, 5.41) is 1.23. The van der Waals surface area contributed by atoms with Gasteiger partial charge in [0.25, 0.3) is 0 Å². The molecule has 4 rings (SSSR count). The van der Waals surface area contributed by atoms with Crippen LogP contribution in [0.3, 0.4) is 0 Å². The number of hydrogen-bond acceptors (Lipinski definition) is 4. The van der Waals surface area contributed by atoms with Crippen molar-refractivity contribution in [1.29, 1.82) is 0 Å². The lowest BCUT2D eigenvalue weighted by molar-refractivity contribution is 0.256. The van der Waals surface area contributed by atoms with E-state index in [-0.39, 0.29) is 0 Å². The van der Waals surface area contributed by atoms with Crippen molar-refractivity contribution >= 4 is 28.6 Å². The minimum Gasteiger partial charge on any atom is -0.355 e. The lowest BCUT2D eigenvalue weighted by Gasteiger charge is -2.45. The van der Waals surface area contributed by atoms with E-state index in [1.54, 1.807) is 6.33 Å². The number of nitrogens with zero attached hydrogens (tertiary/aromatic N) is 3. The van der Waals surface area contributed by atoms with Gasteiger partial charge in [-0.15, -0.1) is 0 Å². The van der Waals surface area contributed by atoms with Crippen molar-refractivity contribution in [3.63, 3.8) is 0 Å². The Morgan fingerprint density at radius 1 is 1.24 bits per heavy atom.